The zero-order chi connectivity index (χ0) is 16.4. The molecule has 0 radical (unpaired) electrons. The average molecular weight is 333 g/mol. The number of aromatic nitrogens is 4. The molecule has 1 aliphatic rings. The summed E-state index contributed by atoms with van der Waals surface area (Å²) in [5, 5.41) is 4.02. The Morgan fingerprint density at radius 3 is 3.00 bits per heavy atom. The first-order valence-corrected chi connectivity index (χ1v) is 8.40. The summed E-state index contributed by atoms with van der Waals surface area (Å²) in [6, 6.07) is 1.91. The highest BCUT2D eigenvalue weighted by molar-refractivity contribution is 7.08. The summed E-state index contributed by atoms with van der Waals surface area (Å²) in [5.41, 5.74) is 2.49. The number of carbonyl (C=O) groups excluding carboxylic acids is 1. The molecule has 2 aromatic rings. The molecular formula is C15H19N5O2S. The average Bonchev–Trinajstić information content (AvgIpc) is 3.02. The Morgan fingerprint density at radius 1 is 1.43 bits per heavy atom. The molecule has 3 rings (SSSR count). The van der Waals surface area contributed by atoms with Gasteiger partial charge < -0.3 is 9.64 Å². The van der Waals surface area contributed by atoms with Crippen LogP contribution >= 0.6 is 11.5 Å². The summed E-state index contributed by atoms with van der Waals surface area (Å²) >= 11 is 1.16. The molecule has 0 N–H and O–H groups in total. The number of amides is 1. The van der Waals surface area contributed by atoms with Crippen molar-refractivity contribution in [1.82, 2.24) is 24.5 Å². The minimum Gasteiger partial charge on any atom is -0.368 e. The predicted octanol–water partition coefficient (Wildman–Crippen LogP) is 1.72. The Labute approximate surface area is 138 Å². The lowest BCUT2D eigenvalue weighted by Gasteiger charge is -2.32. The lowest BCUT2D eigenvalue weighted by molar-refractivity contribution is -0.0247. The third-order valence-corrected chi connectivity index (χ3v) is 4.51. The predicted molar refractivity (Wildman–Crippen MR) is 85.4 cm³/mol. The molecule has 1 fully saturated rings. The van der Waals surface area contributed by atoms with Gasteiger partial charge in [-0.3, -0.25) is 4.79 Å². The van der Waals surface area contributed by atoms with Gasteiger partial charge in [0.05, 0.1) is 24.5 Å². The largest absolute Gasteiger partial charge is 0.368 e. The van der Waals surface area contributed by atoms with Gasteiger partial charge in [-0.2, -0.15) is 0 Å². The number of hydrogen-bond acceptors (Lipinski definition) is 7. The molecule has 1 saturated heterocycles. The highest BCUT2D eigenvalue weighted by atomic mass is 32.1. The van der Waals surface area contributed by atoms with Crippen molar-refractivity contribution >= 4 is 17.4 Å². The van der Waals surface area contributed by atoms with Gasteiger partial charge in [-0.15, -0.1) is 5.10 Å². The van der Waals surface area contributed by atoms with Crippen LogP contribution in [-0.4, -0.2) is 50.1 Å². The summed E-state index contributed by atoms with van der Waals surface area (Å²) in [6.07, 6.45) is 0.481. The molecule has 1 atom stereocenters. The van der Waals surface area contributed by atoms with Gasteiger partial charge in [0.1, 0.15) is 16.8 Å². The minimum absolute atomic E-state index is 0.0207. The SMILES string of the molecule is CCc1nnsc1C(=O)N1CCO[C@@H](c2cc(C)nc(C)n2)C1. The van der Waals surface area contributed by atoms with Gasteiger partial charge in [-0.1, -0.05) is 11.4 Å². The fourth-order valence-corrected chi connectivity index (χ4v) is 3.39. The van der Waals surface area contributed by atoms with Crippen LogP contribution in [0.3, 0.4) is 0 Å². The van der Waals surface area contributed by atoms with Crippen molar-refractivity contribution in [2.24, 2.45) is 0 Å². The van der Waals surface area contributed by atoms with Gasteiger partial charge in [0.25, 0.3) is 5.91 Å². The van der Waals surface area contributed by atoms with Crippen LogP contribution in [0.15, 0.2) is 6.07 Å². The van der Waals surface area contributed by atoms with Crippen molar-refractivity contribution in [1.29, 1.82) is 0 Å². The first kappa shape index (κ1) is 15.9. The number of aryl methyl sites for hydroxylation is 3. The molecule has 2 aromatic heterocycles. The molecule has 1 aliphatic heterocycles. The van der Waals surface area contributed by atoms with Gasteiger partial charge in [0.15, 0.2) is 0 Å². The first-order valence-electron chi connectivity index (χ1n) is 7.62. The van der Waals surface area contributed by atoms with Gasteiger partial charge >= 0.3 is 0 Å². The van der Waals surface area contributed by atoms with E-state index in [9.17, 15) is 4.79 Å². The fourth-order valence-electron chi connectivity index (χ4n) is 2.67. The van der Waals surface area contributed by atoms with Crippen LogP contribution in [-0.2, 0) is 11.2 Å². The molecular weight excluding hydrogens is 314 g/mol. The highest BCUT2D eigenvalue weighted by Gasteiger charge is 2.29. The van der Waals surface area contributed by atoms with E-state index in [1.165, 1.54) is 0 Å². The van der Waals surface area contributed by atoms with Crippen LogP contribution in [0.2, 0.25) is 0 Å². The van der Waals surface area contributed by atoms with Crippen LogP contribution in [0.5, 0.6) is 0 Å². The lowest BCUT2D eigenvalue weighted by Crippen LogP contribution is -2.42. The maximum Gasteiger partial charge on any atom is 0.267 e. The summed E-state index contributed by atoms with van der Waals surface area (Å²) < 4.78 is 9.72. The van der Waals surface area contributed by atoms with E-state index in [1.807, 2.05) is 26.8 Å². The zero-order valence-corrected chi connectivity index (χ0v) is 14.3. The monoisotopic (exact) mass is 333 g/mol. The molecule has 3 heterocycles. The molecule has 0 bridgehead atoms. The topological polar surface area (TPSA) is 81.1 Å². The van der Waals surface area contributed by atoms with Crippen molar-refractivity contribution in [3.8, 4) is 0 Å². The third kappa shape index (κ3) is 3.37. The summed E-state index contributed by atoms with van der Waals surface area (Å²) in [4.78, 5) is 23.9. The molecule has 8 heteroatoms. The van der Waals surface area contributed by atoms with Crippen molar-refractivity contribution < 1.29 is 9.53 Å². The standard InChI is InChI=1S/C15H19N5O2S/c1-4-11-14(23-19-18-11)15(21)20-5-6-22-13(8-20)12-7-9(2)16-10(3)17-12/h7,13H,4-6,8H2,1-3H3/t13-/m1/s1. The molecule has 0 aliphatic carbocycles. The van der Waals surface area contributed by atoms with Crippen molar-refractivity contribution in [2.45, 2.75) is 33.3 Å². The van der Waals surface area contributed by atoms with Crippen molar-refractivity contribution in [3.05, 3.63) is 33.8 Å². The quantitative estimate of drug-likeness (QED) is 0.851. The number of ether oxygens (including phenoxy) is 1. The van der Waals surface area contributed by atoms with Crippen molar-refractivity contribution in [3.63, 3.8) is 0 Å². The van der Waals surface area contributed by atoms with E-state index in [2.05, 4.69) is 19.6 Å². The number of hydrogen-bond donors (Lipinski definition) is 0. The second-order valence-corrected chi connectivity index (χ2v) is 6.25. The first-order chi connectivity index (χ1) is 11.1. The van der Waals surface area contributed by atoms with Gasteiger partial charge in [-0.05, 0) is 37.9 Å². The van der Waals surface area contributed by atoms with E-state index in [0.29, 0.717) is 36.8 Å². The van der Waals surface area contributed by atoms with Gasteiger partial charge in [0.2, 0.25) is 0 Å². The fraction of sp³-hybridized carbons (Fsp3) is 0.533. The Balaban J connectivity index is 1.79. The van der Waals surface area contributed by atoms with Crippen LogP contribution < -0.4 is 0 Å². The minimum atomic E-state index is -0.223. The number of carbonyl (C=O) groups is 1. The molecule has 0 aromatic carbocycles. The smallest absolute Gasteiger partial charge is 0.267 e. The summed E-state index contributed by atoms with van der Waals surface area (Å²) in [7, 11) is 0. The van der Waals surface area contributed by atoms with E-state index in [0.717, 1.165) is 28.6 Å². The van der Waals surface area contributed by atoms with Crippen LogP contribution in [0.1, 0.15) is 45.6 Å². The van der Waals surface area contributed by atoms with Crippen LogP contribution in [0, 0.1) is 13.8 Å². The van der Waals surface area contributed by atoms with E-state index in [-0.39, 0.29) is 12.0 Å². The van der Waals surface area contributed by atoms with E-state index in [4.69, 9.17) is 4.74 Å². The maximum atomic E-state index is 12.7. The van der Waals surface area contributed by atoms with Crippen LogP contribution in [0.4, 0.5) is 0 Å². The van der Waals surface area contributed by atoms with Gasteiger partial charge in [0, 0.05) is 12.2 Å². The van der Waals surface area contributed by atoms with E-state index >= 15 is 0 Å². The number of morpholine rings is 1. The lowest BCUT2D eigenvalue weighted by atomic mass is 10.1. The Morgan fingerprint density at radius 2 is 2.26 bits per heavy atom. The van der Waals surface area contributed by atoms with Gasteiger partial charge in [-0.25, -0.2) is 9.97 Å². The second-order valence-electron chi connectivity index (χ2n) is 5.49. The Kier molecular flexibility index (Phi) is 4.63. The Hall–Kier alpha value is -1.93. The Bertz CT molecular complexity index is 697. The van der Waals surface area contributed by atoms with E-state index < -0.39 is 0 Å². The highest BCUT2D eigenvalue weighted by Crippen LogP contribution is 2.24. The normalized spacial score (nSPS) is 18.2. The van der Waals surface area contributed by atoms with Crippen molar-refractivity contribution in [2.75, 3.05) is 19.7 Å². The zero-order valence-electron chi connectivity index (χ0n) is 13.4. The maximum absolute atomic E-state index is 12.7. The number of rotatable bonds is 3. The molecule has 0 saturated carbocycles. The molecule has 0 unspecified atom stereocenters. The van der Waals surface area contributed by atoms with Crippen LogP contribution in [0.25, 0.3) is 0 Å². The summed E-state index contributed by atoms with van der Waals surface area (Å²) in [5.74, 6) is 0.694. The second kappa shape index (κ2) is 6.67. The molecule has 1 amide bonds. The van der Waals surface area contributed by atoms with E-state index in [1.54, 1.807) is 4.90 Å². The molecule has 122 valence electrons. The summed E-state index contributed by atoms with van der Waals surface area (Å²) in [6.45, 7) is 7.31. The molecule has 23 heavy (non-hydrogen) atoms. The molecule has 0 spiro atoms. The number of nitrogens with zero attached hydrogens (tertiary/aromatic N) is 5. The molecule has 7 nitrogen and oxygen atoms in total. The third-order valence-electron chi connectivity index (χ3n) is 3.75.